The molecule has 21 heavy (non-hydrogen) atoms. The lowest BCUT2D eigenvalue weighted by Crippen LogP contribution is -2.36. The normalized spacial score (nSPS) is 18.7. The maximum Gasteiger partial charge on any atom is 0.123 e. The lowest BCUT2D eigenvalue weighted by Gasteiger charge is -2.32. The molecule has 0 fully saturated rings. The molecule has 3 heteroatoms. The number of para-hydroxylation sites is 1. The number of benzene rings is 2. The number of likely N-dealkylation sites (N-methyl/N-ethyl adjacent to an activating group) is 1. The Balaban J connectivity index is 1.84. The van der Waals surface area contributed by atoms with Crippen molar-refractivity contribution < 1.29 is 9.13 Å². The van der Waals surface area contributed by atoms with E-state index in [0.717, 1.165) is 30.8 Å². The first-order chi connectivity index (χ1) is 10.3. The van der Waals surface area contributed by atoms with Gasteiger partial charge in [-0.3, -0.25) is 0 Å². The predicted molar refractivity (Wildman–Crippen MR) is 82.2 cm³/mol. The first kappa shape index (κ1) is 14.1. The standard InChI is InChI=1S/C18H20FNO/c1-20-17(12-13-5-4-6-14(19)11-13)15-9-10-21-18-8-3-2-7-16(15)18/h2-8,11,15,17,20H,9-10,12H2,1H3. The average Bonchev–Trinajstić information content (AvgIpc) is 2.52. The van der Waals surface area contributed by atoms with Crippen LogP contribution in [-0.2, 0) is 6.42 Å². The van der Waals surface area contributed by atoms with Crippen LogP contribution in [0.4, 0.5) is 4.39 Å². The fourth-order valence-corrected chi connectivity index (χ4v) is 3.15. The van der Waals surface area contributed by atoms with Crippen molar-refractivity contribution in [2.75, 3.05) is 13.7 Å². The summed E-state index contributed by atoms with van der Waals surface area (Å²) in [7, 11) is 1.97. The molecule has 2 unspecified atom stereocenters. The van der Waals surface area contributed by atoms with Crippen molar-refractivity contribution in [3.05, 3.63) is 65.5 Å². The maximum absolute atomic E-state index is 13.4. The molecule has 2 aromatic rings. The summed E-state index contributed by atoms with van der Waals surface area (Å²) >= 11 is 0. The summed E-state index contributed by atoms with van der Waals surface area (Å²) in [6, 6.07) is 15.4. The Morgan fingerprint density at radius 1 is 1.24 bits per heavy atom. The third kappa shape index (κ3) is 3.08. The van der Waals surface area contributed by atoms with E-state index >= 15 is 0 Å². The number of ether oxygens (including phenoxy) is 1. The molecule has 1 N–H and O–H groups in total. The van der Waals surface area contributed by atoms with Crippen LogP contribution < -0.4 is 10.1 Å². The van der Waals surface area contributed by atoms with E-state index in [1.807, 2.05) is 25.2 Å². The van der Waals surface area contributed by atoms with Crippen LogP contribution in [0, 0.1) is 5.82 Å². The second kappa shape index (κ2) is 6.27. The first-order valence-corrected chi connectivity index (χ1v) is 7.41. The monoisotopic (exact) mass is 285 g/mol. The third-order valence-electron chi connectivity index (χ3n) is 4.21. The summed E-state index contributed by atoms with van der Waals surface area (Å²) in [5, 5.41) is 3.40. The average molecular weight is 285 g/mol. The van der Waals surface area contributed by atoms with Gasteiger partial charge in [0.2, 0.25) is 0 Å². The second-order valence-corrected chi connectivity index (χ2v) is 5.51. The smallest absolute Gasteiger partial charge is 0.123 e. The molecule has 0 aromatic heterocycles. The van der Waals surface area contributed by atoms with Gasteiger partial charge >= 0.3 is 0 Å². The van der Waals surface area contributed by atoms with Gasteiger partial charge in [-0.1, -0.05) is 30.3 Å². The molecule has 0 spiro atoms. The van der Waals surface area contributed by atoms with Crippen molar-refractivity contribution in [2.45, 2.75) is 24.8 Å². The zero-order chi connectivity index (χ0) is 14.7. The fraction of sp³-hybridized carbons (Fsp3) is 0.333. The molecule has 0 saturated heterocycles. The van der Waals surface area contributed by atoms with E-state index in [2.05, 4.69) is 17.4 Å². The molecule has 0 aliphatic carbocycles. The number of hydrogen-bond donors (Lipinski definition) is 1. The van der Waals surface area contributed by atoms with Crippen LogP contribution in [0.2, 0.25) is 0 Å². The van der Waals surface area contributed by atoms with Gasteiger partial charge in [0.25, 0.3) is 0 Å². The van der Waals surface area contributed by atoms with Crippen LogP contribution in [0.1, 0.15) is 23.5 Å². The predicted octanol–water partition coefficient (Wildman–Crippen LogP) is 3.52. The first-order valence-electron chi connectivity index (χ1n) is 7.41. The Kier molecular flexibility index (Phi) is 4.20. The minimum atomic E-state index is -0.172. The van der Waals surface area contributed by atoms with E-state index in [4.69, 9.17) is 4.74 Å². The van der Waals surface area contributed by atoms with Crippen LogP contribution in [0.15, 0.2) is 48.5 Å². The molecule has 1 aliphatic rings. The summed E-state index contributed by atoms with van der Waals surface area (Å²) in [5.41, 5.74) is 2.28. The topological polar surface area (TPSA) is 21.3 Å². The maximum atomic E-state index is 13.4. The van der Waals surface area contributed by atoms with Crippen molar-refractivity contribution >= 4 is 0 Å². The Morgan fingerprint density at radius 2 is 2.10 bits per heavy atom. The number of rotatable bonds is 4. The SMILES string of the molecule is CNC(Cc1cccc(F)c1)C1CCOc2ccccc21. The zero-order valence-corrected chi connectivity index (χ0v) is 12.2. The Morgan fingerprint density at radius 3 is 2.90 bits per heavy atom. The van der Waals surface area contributed by atoms with Gasteiger partial charge in [-0.2, -0.15) is 0 Å². The van der Waals surface area contributed by atoms with E-state index in [9.17, 15) is 4.39 Å². The van der Waals surface area contributed by atoms with Gasteiger partial charge < -0.3 is 10.1 Å². The third-order valence-corrected chi connectivity index (χ3v) is 4.21. The fourth-order valence-electron chi connectivity index (χ4n) is 3.15. The molecule has 0 bridgehead atoms. The van der Waals surface area contributed by atoms with Crippen LogP contribution in [0.3, 0.4) is 0 Å². The van der Waals surface area contributed by atoms with Crippen molar-refractivity contribution in [1.29, 1.82) is 0 Å². The minimum Gasteiger partial charge on any atom is -0.493 e. The number of hydrogen-bond acceptors (Lipinski definition) is 2. The van der Waals surface area contributed by atoms with Gasteiger partial charge in [-0.05, 0) is 49.2 Å². The largest absolute Gasteiger partial charge is 0.493 e. The van der Waals surface area contributed by atoms with Gasteiger partial charge in [-0.15, -0.1) is 0 Å². The summed E-state index contributed by atoms with van der Waals surface area (Å²) in [6.07, 6.45) is 1.80. The quantitative estimate of drug-likeness (QED) is 0.928. The van der Waals surface area contributed by atoms with E-state index in [0.29, 0.717) is 5.92 Å². The van der Waals surface area contributed by atoms with E-state index in [1.165, 1.54) is 11.6 Å². The van der Waals surface area contributed by atoms with Crippen LogP contribution in [-0.4, -0.2) is 19.7 Å². The molecule has 1 heterocycles. The molecule has 2 nitrogen and oxygen atoms in total. The second-order valence-electron chi connectivity index (χ2n) is 5.51. The molecule has 3 rings (SSSR count). The highest BCUT2D eigenvalue weighted by atomic mass is 19.1. The van der Waals surface area contributed by atoms with Crippen molar-refractivity contribution in [1.82, 2.24) is 5.32 Å². The number of fused-ring (bicyclic) bond motifs is 1. The van der Waals surface area contributed by atoms with E-state index in [-0.39, 0.29) is 11.9 Å². The molecule has 2 aromatic carbocycles. The Bertz CT molecular complexity index is 614. The number of nitrogens with one attached hydrogen (secondary N) is 1. The Labute approximate surface area is 125 Å². The summed E-state index contributed by atoms with van der Waals surface area (Å²) in [6.45, 7) is 0.739. The molecule has 1 aliphatic heterocycles. The molecule has 0 saturated carbocycles. The van der Waals surface area contributed by atoms with Gasteiger partial charge in [0.05, 0.1) is 6.61 Å². The van der Waals surface area contributed by atoms with E-state index in [1.54, 1.807) is 12.1 Å². The minimum absolute atomic E-state index is 0.172. The summed E-state index contributed by atoms with van der Waals surface area (Å²) < 4.78 is 19.1. The molecule has 110 valence electrons. The lowest BCUT2D eigenvalue weighted by molar-refractivity contribution is 0.247. The Hall–Kier alpha value is -1.87. The van der Waals surface area contributed by atoms with Crippen molar-refractivity contribution in [2.24, 2.45) is 0 Å². The van der Waals surface area contributed by atoms with Gasteiger partial charge in [0.15, 0.2) is 0 Å². The molecule has 0 radical (unpaired) electrons. The van der Waals surface area contributed by atoms with Crippen LogP contribution in [0.25, 0.3) is 0 Å². The van der Waals surface area contributed by atoms with E-state index < -0.39 is 0 Å². The van der Waals surface area contributed by atoms with Gasteiger partial charge in [0.1, 0.15) is 11.6 Å². The number of halogens is 1. The van der Waals surface area contributed by atoms with Crippen LogP contribution in [0.5, 0.6) is 5.75 Å². The molecule has 2 atom stereocenters. The highest BCUT2D eigenvalue weighted by Gasteiger charge is 2.28. The van der Waals surface area contributed by atoms with Crippen molar-refractivity contribution in [3.63, 3.8) is 0 Å². The zero-order valence-electron chi connectivity index (χ0n) is 12.2. The van der Waals surface area contributed by atoms with Crippen molar-refractivity contribution in [3.8, 4) is 5.75 Å². The van der Waals surface area contributed by atoms with Gasteiger partial charge in [-0.25, -0.2) is 4.39 Å². The molecule has 0 amide bonds. The highest BCUT2D eigenvalue weighted by molar-refractivity contribution is 5.39. The van der Waals surface area contributed by atoms with Gasteiger partial charge in [0, 0.05) is 12.0 Å². The molecular formula is C18H20FNO. The highest BCUT2D eigenvalue weighted by Crippen LogP contribution is 2.36. The van der Waals surface area contributed by atoms with Crippen LogP contribution >= 0.6 is 0 Å². The summed E-state index contributed by atoms with van der Waals surface area (Å²) in [4.78, 5) is 0. The lowest BCUT2D eigenvalue weighted by atomic mass is 9.84. The summed E-state index contributed by atoms with van der Waals surface area (Å²) in [5.74, 6) is 1.20. The molecular weight excluding hydrogens is 265 g/mol.